The average molecular weight is 264 g/mol. The maximum absolute atomic E-state index is 6.08. The van der Waals surface area contributed by atoms with E-state index < -0.39 is 0 Å². The molecule has 0 aromatic heterocycles. The van der Waals surface area contributed by atoms with Gasteiger partial charge in [-0.3, -0.25) is 0 Å². The van der Waals surface area contributed by atoms with Crippen LogP contribution in [-0.4, -0.2) is 48.3 Å². The van der Waals surface area contributed by atoms with E-state index in [4.69, 9.17) is 4.74 Å². The summed E-state index contributed by atoms with van der Waals surface area (Å²) < 4.78 is 6.08. The largest absolute Gasteiger partial charge is 0.375 e. The monoisotopic (exact) mass is 264 g/mol. The van der Waals surface area contributed by atoms with Crippen LogP contribution in [0, 0.1) is 0 Å². The van der Waals surface area contributed by atoms with Gasteiger partial charge in [-0.05, 0) is 64.8 Å². The number of piperidine rings is 1. The zero-order chi connectivity index (χ0) is 12.9. The molecule has 0 amide bonds. The molecule has 108 valence electrons. The number of nitrogens with zero attached hydrogens (tertiary/aromatic N) is 1. The fourth-order valence-corrected chi connectivity index (χ4v) is 4.93. The summed E-state index contributed by atoms with van der Waals surface area (Å²) in [4.78, 5) is 2.73. The molecule has 3 nitrogen and oxygen atoms in total. The molecule has 0 aromatic rings. The molecule has 4 fully saturated rings. The van der Waals surface area contributed by atoms with Crippen LogP contribution in [0.2, 0.25) is 0 Å². The van der Waals surface area contributed by atoms with Crippen LogP contribution in [0.3, 0.4) is 0 Å². The fraction of sp³-hybridized carbons (Fsp3) is 1.00. The zero-order valence-electron chi connectivity index (χ0n) is 12.2. The Morgan fingerprint density at radius 3 is 2.42 bits per heavy atom. The third-order valence-electron chi connectivity index (χ3n) is 6.33. The molecule has 1 spiro atoms. The maximum atomic E-state index is 6.08. The predicted octanol–water partition coefficient (Wildman–Crippen LogP) is 2.30. The van der Waals surface area contributed by atoms with Gasteiger partial charge in [0.1, 0.15) is 0 Å². The van der Waals surface area contributed by atoms with E-state index >= 15 is 0 Å². The van der Waals surface area contributed by atoms with E-state index in [-0.39, 0.29) is 0 Å². The van der Waals surface area contributed by atoms with Crippen LogP contribution in [0.4, 0.5) is 0 Å². The maximum Gasteiger partial charge on any atom is 0.0697 e. The number of rotatable bonds is 2. The van der Waals surface area contributed by atoms with Crippen molar-refractivity contribution in [1.29, 1.82) is 0 Å². The van der Waals surface area contributed by atoms with Gasteiger partial charge in [-0.1, -0.05) is 0 Å². The highest BCUT2D eigenvalue weighted by atomic mass is 16.5. The summed E-state index contributed by atoms with van der Waals surface area (Å²) >= 11 is 0. The van der Waals surface area contributed by atoms with Crippen LogP contribution >= 0.6 is 0 Å². The summed E-state index contributed by atoms with van der Waals surface area (Å²) in [6.07, 6.45) is 12.1. The van der Waals surface area contributed by atoms with E-state index in [1.807, 2.05) is 0 Å². The molecule has 1 N–H and O–H groups in total. The van der Waals surface area contributed by atoms with Gasteiger partial charge in [0.2, 0.25) is 0 Å². The lowest BCUT2D eigenvalue weighted by Crippen LogP contribution is -2.55. The standard InChI is InChI=1S/C16H28N2O/c1-18(15-9-12-3-4-13(10-15)17-12)14-5-8-19-16(11-14)6-2-7-16/h12-15,17H,2-11H2,1H3. The van der Waals surface area contributed by atoms with Gasteiger partial charge in [-0.25, -0.2) is 0 Å². The van der Waals surface area contributed by atoms with Crippen LogP contribution < -0.4 is 5.32 Å². The van der Waals surface area contributed by atoms with Crippen molar-refractivity contribution in [2.75, 3.05) is 13.7 Å². The second-order valence-electron chi connectivity index (χ2n) is 7.46. The Morgan fingerprint density at radius 2 is 1.79 bits per heavy atom. The molecule has 3 aliphatic heterocycles. The summed E-state index contributed by atoms with van der Waals surface area (Å²) in [7, 11) is 2.39. The average Bonchev–Trinajstić information content (AvgIpc) is 2.75. The molecule has 0 radical (unpaired) electrons. The van der Waals surface area contributed by atoms with Crippen LogP contribution in [0.1, 0.15) is 57.8 Å². The molecule has 3 unspecified atom stereocenters. The first-order valence-electron chi connectivity index (χ1n) is 8.36. The minimum absolute atomic E-state index is 0.295. The number of ether oxygens (including phenoxy) is 1. The molecule has 4 aliphatic rings. The van der Waals surface area contributed by atoms with Crippen molar-refractivity contribution in [1.82, 2.24) is 10.2 Å². The van der Waals surface area contributed by atoms with Gasteiger partial charge in [0.15, 0.2) is 0 Å². The van der Waals surface area contributed by atoms with E-state index in [9.17, 15) is 0 Å². The molecule has 1 saturated carbocycles. The summed E-state index contributed by atoms with van der Waals surface area (Å²) in [5.41, 5.74) is 0.295. The fourth-order valence-electron chi connectivity index (χ4n) is 4.93. The summed E-state index contributed by atoms with van der Waals surface area (Å²) in [6.45, 7) is 0.993. The van der Waals surface area contributed by atoms with Crippen molar-refractivity contribution in [3.05, 3.63) is 0 Å². The van der Waals surface area contributed by atoms with Gasteiger partial charge in [-0.2, -0.15) is 0 Å². The Balaban J connectivity index is 1.40. The molecule has 3 saturated heterocycles. The Bertz CT molecular complexity index is 330. The highest BCUT2D eigenvalue weighted by molar-refractivity contribution is 5.00. The predicted molar refractivity (Wildman–Crippen MR) is 76.3 cm³/mol. The van der Waals surface area contributed by atoms with Gasteiger partial charge in [0.25, 0.3) is 0 Å². The molecule has 1 aliphatic carbocycles. The van der Waals surface area contributed by atoms with Gasteiger partial charge in [0, 0.05) is 30.8 Å². The van der Waals surface area contributed by atoms with E-state index in [0.717, 1.165) is 30.8 Å². The molecule has 3 atom stereocenters. The van der Waals surface area contributed by atoms with Gasteiger partial charge in [-0.15, -0.1) is 0 Å². The first kappa shape index (κ1) is 12.6. The van der Waals surface area contributed by atoms with Crippen molar-refractivity contribution in [2.45, 2.75) is 87.6 Å². The lowest BCUT2D eigenvalue weighted by molar-refractivity contribution is -0.150. The molecule has 3 heterocycles. The van der Waals surface area contributed by atoms with E-state index in [1.165, 1.54) is 57.8 Å². The summed E-state index contributed by atoms with van der Waals surface area (Å²) in [6, 6.07) is 3.21. The Labute approximate surface area is 117 Å². The third-order valence-corrected chi connectivity index (χ3v) is 6.33. The molecule has 19 heavy (non-hydrogen) atoms. The van der Waals surface area contributed by atoms with Crippen molar-refractivity contribution in [3.8, 4) is 0 Å². The minimum Gasteiger partial charge on any atom is -0.375 e. The van der Waals surface area contributed by atoms with Crippen LogP contribution in [0.15, 0.2) is 0 Å². The number of hydrogen-bond donors (Lipinski definition) is 1. The zero-order valence-corrected chi connectivity index (χ0v) is 12.2. The van der Waals surface area contributed by atoms with Crippen LogP contribution in [0.5, 0.6) is 0 Å². The first-order valence-corrected chi connectivity index (χ1v) is 8.36. The van der Waals surface area contributed by atoms with E-state index in [0.29, 0.717) is 5.60 Å². The lowest BCUT2D eigenvalue weighted by atomic mass is 9.73. The van der Waals surface area contributed by atoms with Crippen molar-refractivity contribution >= 4 is 0 Å². The highest BCUT2D eigenvalue weighted by Gasteiger charge is 2.45. The first-order chi connectivity index (χ1) is 9.24. The summed E-state index contributed by atoms with van der Waals surface area (Å²) in [5.74, 6) is 0. The molecule has 3 heteroatoms. The van der Waals surface area contributed by atoms with Crippen LogP contribution in [0.25, 0.3) is 0 Å². The molecular weight excluding hydrogens is 236 g/mol. The lowest BCUT2D eigenvalue weighted by Gasteiger charge is -2.51. The Hall–Kier alpha value is -0.120. The van der Waals surface area contributed by atoms with Gasteiger partial charge < -0.3 is 15.0 Å². The van der Waals surface area contributed by atoms with Crippen molar-refractivity contribution in [2.24, 2.45) is 0 Å². The number of fused-ring (bicyclic) bond motifs is 2. The SMILES string of the molecule is CN(C1CC2CCC(C1)N2)C1CCOC2(CCC2)C1. The highest BCUT2D eigenvalue weighted by Crippen LogP contribution is 2.44. The topological polar surface area (TPSA) is 24.5 Å². The Morgan fingerprint density at radius 1 is 1.05 bits per heavy atom. The van der Waals surface area contributed by atoms with E-state index in [2.05, 4.69) is 17.3 Å². The minimum atomic E-state index is 0.295. The normalized spacial score (nSPS) is 44.5. The van der Waals surface area contributed by atoms with Crippen LogP contribution in [-0.2, 0) is 4.74 Å². The summed E-state index contributed by atoms with van der Waals surface area (Å²) in [5, 5.41) is 3.77. The van der Waals surface area contributed by atoms with Gasteiger partial charge >= 0.3 is 0 Å². The second kappa shape index (κ2) is 4.71. The quantitative estimate of drug-likeness (QED) is 0.828. The molecule has 4 rings (SSSR count). The smallest absolute Gasteiger partial charge is 0.0697 e. The molecule has 2 bridgehead atoms. The molecule has 0 aromatic carbocycles. The van der Waals surface area contributed by atoms with Crippen molar-refractivity contribution in [3.63, 3.8) is 0 Å². The second-order valence-corrected chi connectivity index (χ2v) is 7.46. The number of hydrogen-bond acceptors (Lipinski definition) is 3. The van der Waals surface area contributed by atoms with E-state index in [1.54, 1.807) is 0 Å². The molecular formula is C16H28N2O. The Kier molecular flexibility index (Phi) is 3.13. The van der Waals surface area contributed by atoms with Crippen molar-refractivity contribution < 1.29 is 4.74 Å². The number of nitrogens with one attached hydrogen (secondary N) is 1. The van der Waals surface area contributed by atoms with Gasteiger partial charge in [0.05, 0.1) is 5.60 Å². The third kappa shape index (κ3) is 2.24.